The molecule has 0 bridgehead atoms. The highest BCUT2D eigenvalue weighted by atomic mass is 14.8. The number of rotatable bonds is 0. The molecular weight excluding hydrogens is 280 g/mol. The summed E-state index contributed by atoms with van der Waals surface area (Å²) >= 11 is 0. The van der Waals surface area contributed by atoms with E-state index in [-0.39, 0.29) is 10.8 Å². The molecule has 1 aromatic carbocycles. The molecule has 1 heterocycles. The van der Waals surface area contributed by atoms with E-state index in [1.807, 2.05) is 6.92 Å². The van der Waals surface area contributed by atoms with E-state index in [0.29, 0.717) is 5.82 Å². The van der Waals surface area contributed by atoms with Crippen molar-refractivity contribution in [1.29, 1.82) is 0 Å². The summed E-state index contributed by atoms with van der Waals surface area (Å²) in [6.45, 7) is 11.3. The molecule has 23 heavy (non-hydrogen) atoms. The van der Waals surface area contributed by atoms with Crippen LogP contribution in [0.5, 0.6) is 0 Å². The molecule has 0 unspecified atom stereocenters. The van der Waals surface area contributed by atoms with E-state index in [4.69, 9.17) is 0 Å². The van der Waals surface area contributed by atoms with Gasteiger partial charge in [0.25, 0.3) is 0 Å². The maximum Gasteiger partial charge on any atom is 0.205 e. The topological polar surface area (TPSA) is 25.8 Å². The molecule has 1 aliphatic carbocycles. The predicted octanol–water partition coefficient (Wildman–Crippen LogP) is 4.53. The Hall–Kier alpha value is -2.14. The molecule has 2 aromatic rings. The van der Waals surface area contributed by atoms with Crippen LogP contribution in [0, 0.1) is 18.8 Å². The number of aromatic nitrogens is 2. The molecule has 0 amide bonds. The summed E-state index contributed by atoms with van der Waals surface area (Å²) in [7, 11) is 0. The fraction of sp³-hybridized carbons (Fsp3) is 0.429. The summed E-state index contributed by atoms with van der Waals surface area (Å²) in [6, 6.07) is 6.65. The van der Waals surface area contributed by atoms with E-state index in [1.165, 1.54) is 24.0 Å². The van der Waals surface area contributed by atoms with Crippen molar-refractivity contribution in [3.63, 3.8) is 0 Å². The number of benzene rings is 1. The quantitative estimate of drug-likeness (QED) is 0.668. The van der Waals surface area contributed by atoms with Gasteiger partial charge in [-0.3, -0.25) is 0 Å². The largest absolute Gasteiger partial charge is 0.229 e. The van der Waals surface area contributed by atoms with Gasteiger partial charge in [-0.25, -0.2) is 9.97 Å². The molecule has 0 aliphatic heterocycles. The van der Waals surface area contributed by atoms with E-state index in [2.05, 4.69) is 67.7 Å². The van der Waals surface area contributed by atoms with Gasteiger partial charge in [0.15, 0.2) is 0 Å². The Bertz CT molecular complexity index is 787. The Morgan fingerprint density at radius 2 is 1.48 bits per heavy atom. The van der Waals surface area contributed by atoms with Crippen molar-refractivity contribution in [2.24, 2.45) is 0 Å². The maximum atomic E-state index is 4.25. The fourth-order valence-electron chi connectivity index (χ4n) is 3.25. The number of aryl methyl sites for hydroxylation is 1. The second-order valence-electron chi connectivity index (χ2n) is 7.86. The van der Waals surface area contributed by atoms with E-state index in [9.17, 15) is 0 Å². The SMILES string of the molecule is Cc1cnc(C#Cc2ccc3c(c2)C(C)(C)CCC3(C)C)nc1. The van der Waals surface area contributed by atoms with Crippen molar-refractivity contribution in [3.8, 4) is 11.8 Å². The second kappa shape index (κ2) is 5.49. The van der Waals surface area contributed by atoms with Crippen LogP contribution in [0.4, 0.5) is 0 Å². The van der Waals surface area contributed by atoms with Gasteiger partial charge >= 0.3 is 0 Å². The normalized spacial score (nSPS) is 17.8. The molecule has 118 valence electrons. The van der Waals surface area contributed by atoms with Crippen molar-refractivity contribution >= 4 is 0 Å². The van der Waals surface area contributed by atoms with Crippen LogP contribution < -0.4 is 0 Å². The molecule has 0 spiro atoms. The minimum absolute atomic E-state index is 0.211. The van der Waals surface area contributed by atoms with E-state index in [1.54, 1.807) is 12.4 Å². The molecule has 3 rings (SSSR count). The minimum atomic E-state index is 0.211. The Labute approximate surface area is 139 Å². The second-order valence-corrected chi connectivity index (χ2v) is 7.86. The lowest BCUT2D eigenvalue weighted by Crippen LogP contribution is -2.33. The van der Waals surface area contributed by atoms with Crippen molar-refractivity contribution in [2.45, 2.75) is 58.3 Å². The predicted molar refractivity (Wildman–Crippen MR) is 94.5 cm³/mol. The third kappa shape index (κ3) is 3.15. The lowest BCUT2D eigenvalue weighted by atomic mass is 9.63. The Morgan fingerprint density at radius 1 is 0.870 bits per heavy atom. The van der Waals surface area contributed by atoms with Crippen LogP contribution >= 0.6 is 0 Å². The highest BCUT2D eigenvalue weighted by molar-refractivity contribution is 5.49. The molecule has 0 fully saturated rings. The molecule has 0 saturated heterocycles. The zero-order valence-corrected chi connectivity index (χ0v) is 14.7. The fourth-order valence-corrected chi connectivity index (χ4v) is 3.25. The first kappa shape index (κ1) is 15.7. The molecule has 2 heteroatoms. The zero-order chi connectivity index (χ0) is 16.7. The molecule has 0 saturated carbocycles. The van der Waals surface area contributed by atoms with E-state index >= 15 is 0 Å². The Balaban J connectivity index is 1.99. The monoisotopic (exact) mass is 304 g/mol. The maximum absolute atomic E-state index is 4.25. The number of nitrogens with zero attached hydrogens (tertiary/aromatic N) is 2. The smallest absolute Gasteiger partial charge is 0.205 e. The summed E-state index contributed by atoms with van der Waals surface area (Å²) < 4.78 is 0. The molecular formula is C21H24N2. The summed E-state index contributed by atoms with van der Waals surface area (Å²) in [6.07, 6.45) is 6.05. The average Bonchev–Trinajstić information content (AvgIpc) is 2.51. The van der Waals surface area contributed by atoms with Gasteiger partial charge in [-0.1, -0.05) is 39.7 Å². The number of hydrogen-bond acceptors (Lipinski definition) is 2. The first-order valence-corrected chi connectivity index (χ1v) is 8.24. The molecule has 0 radical (unpaired) electrons. The van der Waals surface area contributed by atoms with Crippen molar-refractivity contribution in [2.75, 3.05) is 0 Å². The first-order valence-electron chi connectivity index (χ1n) is 8.24. The van der Waals surface area contributed by atoms with Gasteiger partial charge in [0.1, 0.15) is 0 Å². The third-order valence-corrected chi connectivity index (χ3v) is 4.95. The van der Waals surface area contributed by atoms with Crippen LogP contribution in [-0.2, 0) is 10.8 Å². The Morgan fingerprint density at radius 3 is 2.13 bits per heavy atom. The van der Waals surface area contributed by atoms with Gasteiger partial charge in [-0.2, -0.15) is 0 Å². The molecule has 1 aromatic heterocycles. The number of hydrogen-bond donors (Lipinski definition) is 0. The summed E-state index contributed by atoms with van der Waals surface area (Å²) in [4.78, 5) is 8.50. The summed E-state index contributed by atoms with van der Waals surface area (Å²) in [5.41, 5.74) is 5.45. The summed E-state index contributed by atoms with van der Waals surface area (Å²) in [5.74, 6) is 6.87. The van der Waals surface area contributed by atoms with E-state index < -0.39 is 0 Å². The van der Waals surface area contributed by atoms with Gasteiger partial charge in [0.2, 0.25) is 5.82 Å². The van der Waals surface area contributed by atoms with Crippen LogP contribution in [0.2, 0.25) is 0 Å². The van der Waals surface area contributed by atoms with Crippen LogP contribution in [0.15, 0.2) is 30.6 Å². The lowest BCUT2D eigenvalue weighted by Gasteiger charge is -2.41. The minimum Gasteiger partial charge on any atom is -0.229 e. The van der Waals surface area contributed by atoms with Crippen LogP contribution in [0.1, 0.15) is 68.6 Å². The van der Waals surface area contributed by atoms with Crippen molar-refractivity contribution in [1.82, 2.24) is 9.97 Å². The lowest BCUT2D eigenvalue weighted by molar-refractivity contribution is 0.332. The van der Waals surface area contributed by atoms with Crippen LogP contribution in [0.3, 0.4) is 0 Å². The standard InChI is InChI=1S/C21H24N2/c1-15-13-22-19(23-14-15)9-7-16-6-8-17-18(12-16)21(4,5)11-10-20(17,2)3/h6,8,12-14H,10-11H2,1-5H3. The van der Waals surface area contributed by atoms with Gasteiger partial charge in [0, 0.05) is 18.0 Å². The summed E-state index contributed by atoms with van der Waals surface area (Å²) in [5, 5.41) is 0. The van der Waals surface area contributed by atoms with E-state index in [0.717, 1.165) is 11.1 Å². The highest BCUT2D eigenvalue weighted by Crippen LogP contribution is 2.45. The van der Waals surface area contributed by atoms with Crippen LogP contribution in [0.25, 0.3) is 0 Å². The Kier molecular flexibility index (Phi) is 3.76. The van der Waals surface area contributed by atoms with Gasteiger partial charge in [-0.05, 0) is 65.3 Å². The van der Waals surface area contributed by atoms with Gasteiger partial charge in [-0.15, -0.1) is 0 Å². The van der Waals surface area contributed by atoms with Crippen LogP contribution in [-0.4, -0.2) is 9.97 Å². The third-order valence-electron chi connectivity index (χ3n) is 4.95. The van der Waals surface area contributed by atoms with Crippen molar-refractivity contribution < 1.29 is 0 Å². The molecule has 0 atom stereocenters. The molecule has 0 N–H and O–H groups in total. The average molecular weight is 304 g/mol. The highest BCUT2D eigenvalue weighted by Gasteiger charge is 2.36. The molecule has 1 aliphatic rings. The number of fused-ring (bicyclic) bond motifs is 1. The molecule has 2 nitrogen and oxygen atoms in total. The van der Waals surface area contributed by atoms with Gasteiger partial charge < -0.3 is 0 Å². The van der Waals surface area contributed by atoms with Gasteiger partial charge in [0.05, 0.1) is 0 Å². The zero-order valence-electron chi connectivity index (χ0n) is 14.7. The van der Waals surface area contributed by atoms with Crippen molar-refractivity contribution in [3.05, 3.63) is 58.7 Å². The first-order chi connectivity index (χ1) is 10.8.